The predicted octanol–water partition coefficient (Wildman–Crippen LogP) is 4.63. The Bertz CT molecular complexity index is 684. The monoisotopic (exact) mass is 413 g/mol. The second-order valence-electron chi connectivity index (χ2n) is 9.11. The van der Waals surface area contributed by atoms with Crippen molar-refractivity contribution in [3.8, 4) is 5.88 Å². The molecule has 160 valence electrons. The van der Waals surface area contributed by atoms with Crippen LogP contribution in [0, 0.1) is 17.0 Å². The fourth-order valence-electron chi connectivity index (χ4n) is 3.11. The number of hydrogen-bond donors (Lipinski definition) is 0. The minimum Gasteiger partial charge on any atom is -0.472 e. The van der Waals surface area contributed by atoms with Gasteiger partial charge in [-0.05, 0) is 44.8 Å². The van der Waals surface area contributed by atoms with Gasteiger partial charge in [-0.15, -0.1) is 5.10 Å². The molecule has 2 atom stereocenters. The highest BCUT2D eigenvalue weighted by Crippen LogP contribution is 2.37. The number of ether oxygens (including phenoxy) is 2. The summed E-state index contributed by atoms with van der Waals surface area (Å²) < 4.78 is 19.2. The second-order valence-corrected chi connectivity index (χ2v) is 13.9. The Balaban J connectivity index is 1.99. The molecule has 0 aliphatic carbocycles. The maximum atomic E-state index is 11.6. The second kappa shape index (κ2) is 8.92. The van der Waals surface area contributed by atoms with Gasteiger partial charge in [0.25, 0.3) is 0 Å². The molecule has 0 N–H and O–H groups in total. The summed E-state index contributed by atoms with van der Waals surface area (Å²) in [5.74, 6) is 0.106. The summed E-state index contributed by atoms with van der Waals surface area (Å²) in [6, 6.07) is 0.0988. The first kappa shape index (κ1) is 22.8. The van der Waals surface area contributed by atoms with Crippen LogP contribution in [0.3, 0.4) is 0 Å². The quantitative estimate of drug-likeness (QED) is 0.267. The van der Waals surface area contributed by atoms with Crippen molar-refractivity contribution in [2.75, 3.05) is 19.8 Å². The van der Waals surface area contributed by atoms with Gasteiger partial charge in [0.1, 0.15) is 5.69 Å². The number of hydrogen-bond acceptors (Lipinski definition) is 6. The molecule has 2 heterocycles. The lowest BCUT2D eigenvalue weighted by Gasteiger charge is -2.36. The molecular weight excluding hydrogens is 378 g/mol. The van der Waals surface area contributed by atoms with Crippen LogP contribution in [0.1, 0.15) is 58.7 Å². The zero-order chi connectivity index (χ0) is 21.1. The first-order valence-electron chi connectivity index (χ1n) is 10.1. The highest BCUT2D eigenvalue weighted by Gasteiger charge is 2.37. The summed E-state index contributed by atoms with van der Waals surface area (Å²) in [5.41, 5.74) is 0.501. The fourth-order valence-corrected chi connectivity index (χ4v) is 4.20. The highest BCUT2D eigenvalue weighted by molar-refractivity contribution is 6.74. The molecule has 1 aliphatic heterocycles. The lowest BCUT2D eigenvalue weighted by molar-refractivity contribution is -0.386. The van der Waals surface area contributed by atoms with Crippen molar-refractivity contribution < 1.29 is 18.8 Å². The third-order valence-electron chi connectivity index (χ3n) is 5.87. The summed E-state index contributed by atoms with van der Waals surface area (Å²) in [7, 11) is -1.79. The van der Waals surface area contributed by atoms with E-state index in [0.717, 1.165) is 12.8 Å². The van der Waals surface area contributed by atoms with Crippen molar-refractivity contribution >= 4 is 14.0 Å². The van der Waals surface area contributed by atoms with E-state index >= 15 is 0 Å². The molecule has 1 fully saturated rings. The van der Waals surface area contributed by atoms with Crippen LogP contribution in [0.4, 0.5) is 5.69 Å². The summed E-state index contributed by atoms with van der Waals surface area (Å²) in [5, 5.41) is 16.2. The van der Waals surface area contributed by atoms with Crippen molar-refractivity contribution in [1.29, 1.82) is 0 Å². The van der Waals surface area contributed by atoms with Gasteiger partial charge in [0, 0.05) is 19.6 Å². The topological polar surface area (TPSA) is 88.7 Å². The Hall–Kier alpha value is -1.45. The molecular formula is C19H35N3O5Si. The van der Waals surface area contributed by atoms with Crippen LogP contribution in [0.25, 0.3) is 0 Å². The lowest BCUT2D eigenvalue weighted by atomic mass is 10.0. The van der Waals surface area contributed by atoms with Crippen molar-refractivity contribution in [1.82, 2.24) is 9.78 Å². The Morgan fingerprint density at radius 1 is 1.36 bits per heavy atom. The van der Waals surface area contributed by atoms with E-state index in [1.807, 2.05) is 6.92 Å². The maximum Gasteiger partial charge on any atom is 0.352 e. The summed E-state index contributed by atoms with van der Waals surface area (Å²) in [6.07, 6.45) is 2.38. The van der Waals surface area contributed by atoms with Crippen LogP contribution >= 0.6 is 0 Å². The van der Waals surface area contributed by atoms with Crippen LogP contribution < -0.4 is 4.74 Å². The molecule has 0 saturated carbocycles. The van der Waals surface area contributed by atoms with Gasteiger partial charge in [0.2, 0.25) is 0 Å². The fraction of sp³-hybridized carbons (Fsp3) is 0.842. The van der Waals surface area contributed by atoms with Gasteiger partial charge in [0.05, 0.1) is 23.7 Å². The van der Waals surface area contributed by atoms with Crippen LogP contribution in [-0.4, -0.2) is 48.9 Å². The Kier molecular flexibility index (Phi) is 7.27. The molecule has 0 radical (unpaired) electrons. The van der Waals surface area contributed by atoms with Crippen LogP contribution in [-0.2, 0) is 9.16 Å². The minimum atomic E-state index is -1.79. The van der Waals surface area contributed by atoms with E-state index in [2.05, 4.69) is 39.0 Å². The Morgan fingerprint density at radius 2 is 2.04 bits per heavy atom. The van der Waals surface area contributed by atoms with Crippen molar-refractivity contribution in [3.05, 3.63) is 15.8 Å². The minimum absolute atomic E-state index is 0.0375. The largest absolute Gasteiger partial charge is 0.472 e. The maximum absolute atomic E-state index is 11.6. The van der Waals surface area contributed by atoms with E-state index in [1.165, 1.54) is 0 Å². The average Bonchev–Trinajstić information content (AvgIpc) is 2.90. The summed E-state index contributed by atoms with van der Waals surface area (Å²) in [4.78, 5) is 11.2. The molecule has 1 aromatic heterocycles. The lowest BCUT2D eigenvalue weighted by Crippen LogP contribution is -2.41. The zero-order valence-corrected chi connectivity index (χ0v) is 19.3. The first-order chi connectivity index (χ1) is 12.9. The number of nitrogens with zero attached hydrogens (tertiary/aromatic N) is 3. The van der Waals surface area contributed by atoms with Crippen LogP contribution in [0.2, 0.25) is 18.1 Å². The molecule has 2 rings (SSSR count). The third kappa shape index (κ3) is 5.33. The molecule has 0 unspecified atom stereocenters. The SMILES string of the molecule is Cc1c([N+](=O)[O-])c(OCCCO[Si](C)(C)C(C)(C)C)nn1[C@H]1CCO[C@@H](C)C1. The van der Waals surface area contributed by atoms with E-state index in [9.17, 15) is 10.1 Å². The van der Waals surface area contributed by atoms with Gasteiger partial charge >= 0.3 is 11.6 Å². The number of rotatable bonds is 8. The van der Waals surface area contributed by atoms with E-state index in [1.54, 1.807) is 11.6 Å². The zero-order valence-electron chi connectivity index (χ0n) is 18.3. The Morgan fingerprint density at radius 3 is 2.61 bits per heavy atom. The molecule has 0 spiro atoms. The first-order valence-corrected chi connectivity index (χ1v) is 13.0. The normalized spacial score (nSPS) is 21.0. The molecule has 1 aromatic rings. The van der Waals surface area contributed by atoms with Crippen LogP contribution in [0.5, 0.6) is 5.88 Å². The predicted molar refractivity (Wildman–Crippen MR) is 111 cm³/mol. The smallest absolute Gasteiger partial charge is 0.352 e. The molecule has 8 nitrogen and oxygen atoms in total. The van der Waals surface area contributed by atoms with Crippen molar-refractivity contribution in [3.63, 3.8) is 0 Å². The molecule has 9 heteroatoms. The van der Waals surface area contributed by atoms with Gasteiger partial charge in [-0.1, -0.05) is 20.8 Å². The van der Waals surface area contributed by atoms with E-state index in [0.29, 0.717) is 31.9 Å². The molecule has 1 aliphatic rings. The van der Waals surface area contributed by atoms with Gasteiger partial charge in [-0.3, -0.25) is 14.8 Å². The molecule has 0 bridgehead atoms. The molecule has 0 amide bonds. The number of aromatic nitrogens is 2. The average molecular weight is 414 g/mol. The summed E-state index contributed by atoms with van der Waals surface area (Å²) in [6.45, 7) is 16.3. The third-order valence-corrected chi connectivity index (χ3v) is 10.4. The molecule has 1 saturated heterocycles. The van der Waals surface area contributed by atoms with E-state index < -0.39 is 13.2 Å². The number of nitro groups is 1. The van der Waals surface area contributed by atoms with Gasteiger partial charge < -0.3 is 13.9 Å². The van der Waals surface area contributed by atoms with E-state index in [4.69, 9.17) is 13.9 Å². The van der Waals surface area contributed by atoms with Gasteiger partial charge in [-0.2, -0.15) is 0 Å². The van der Waals surface area contributed by atoms with Crippen LogP contribution in [0.15, 0.2) is 0 Å². The highest BCUT2D eigenvalue weighted by atomic mass is 28.4. The molecule has 28 heavy (non-hydrogen) atoms. The Labute approximate surface area is 168 Å². The standard InChI is InChI=1S/C19H35N3O5Si/c1-14-13-16(9-12-25-14)21-15(2)17(22(23)24)18(20-21)26-10-8-11-27-28(6,7)19(3,4)5/h14,16H,8-13H2,1-7H3/t14-,16-/m0/s1. The van der Waals surface area contributed by atoms with E-state index in [-0.39, 0.29) is 28.8 Å². The summed E-state index contributed by atoms with van der Waals surface area (Å²) >= 11 is 0. The van der Waals surface area contributed by atoms with Crippen molar-refractivity contribution in [2.45, 2.75) is 84.2 Å². The molecule has 0 aromatic carbocycles. The van der Waals surface area contributed by atoms with Crippen molar-refractivity contribution in [2.24, 2.45) is 0 Å². The van der Waals surface area contributed by atoms with Gasteiger partial charge in [0.15, 0.2) is 8.32 Å². The van der Waals surface area contributed by atoms with Gasteiger partial charge in [-0.25, -0.2) is 0 Å².